The molecule has 1 aliphatic carbocycles. The molecule has 0 radical (unpaired) electrons. The summed E-state index contributed by atoms with van der Waals surface area (Å²) in [7, 11) is 1.26. The van der Waals surface area contributed by atoms with E-state index in [9.17, 15) is 27.9 Å². The first-order valence-corrected chi connectivity index (χ1v) is 6.57. The Balaban J connectivity index is 2.34. The largest absolute Gasteiger partial charge is 0.481 e. The Hall–Kier alpha value is -2.58. The van der Waals surface area contributed by atoms with Gasteiger partial charge < -0.3 is 10.4 Å². The molecular weight excluding hydrogens is 315 g/mol. The number of aliphatic carboxylic acids is 1. The van der Waals surface area contributed by atoms with Gasteiger partial charge in [0.2, 0.25) is 0 Å². The maximum Gasteiger partial charge on any atom is 0.435 e. The molecule has 0 spiro atoms. The lowest BCUT2D eigenvalue weighted by Gasteiger charge is -2.33. The predicted molar refractivity (Wildman–Crippen MR) is 73.5 cm³/mol. The van der Waals surface area contributed by atoms with Crippen molar-refractivity contribution >= 4 is 11.9 Å². The average Bonchev–Trinajstić information content (AvgIpc) is 2.80. The van der Waals surface area contributed by atoms with Crippen LogP contribution in [-0.2, 0) is 18.0 Å². The Morgan fingerprint density at radius 1 is 1.39 bits per heavy atom. The van der Waals surface area contributed by atoms with Crippen LogP contribution in [0.15, 0.2) is 30.5 Å². The second-order valence-corrected chi connectivity index (χ2v) is 5.36. The smallest absolute Gasteiger partial charge is 0.435 e. The number of carboxylic acids is 1. The van der Waals surface area contributed by atoms with Gasteiger partial charge in [0.25, 0.3) is 5.91 Å². The van der Waals surface area contributed by atoms with Crippen LogP contribution in [0.2, 0.25) is 0 Å². The summed E-state index contributed by atoms with van der Waals surface area (Å²) in [5, 5.41) is 14.8. The summed E-state index contributed by atoms with van der Waals surface area (Å²) in [5.74, 6) is -3.34. The van der Waals surface area contributed by atoms with Gasteiger partial charge in [-0.1, -0.05) is 24.3 Å². The fraction of sp³-hybridized carbons (Fsp3) is 0.357. The third-order valence-corrected chi connectivity index (χ3v) is 3.49. The van der Waals surface area contributed by atoms with E-state index >= 15 is 0 Å². The Labute approximate surface area is 129 Å². The maximum absolute atomic E-state index is 12.9. The highest BCUT2D eigenvalue weighted by molar-refractivity contribution is 5.96. The van der Waals surface area contributed by atoms with Gasteiger partial charge in [0.15, 0.2) is 5.69 Å². The number of hydrogen-bond donors (Lipinski definition) is 2. The van der Waals surface area contributed by atoms with Gasteiger partial charge in [-0.2, -0.15) is 18.3 Å². The first kappa shape index (κ1) is 16.8. The van der Waals surface area contributed by atoms with E-state index in [1.165, 1.54) is 38.3 Å². The summed E-state index contributed by atoms with van der Waals surface area (Å²) < 4.78 is 39.7. The second-order valence-electron chi connectivity index (χ2n) is 5.36. The van der Waals surface area contributed by atoms with Crippen LogP contribution in [0, 0.1) is 5.92 Å². The topological polar surface area (TPSA) is 84.2 Å². The number of aryl methyl sites for hydroxylation is 1. The van der Waals surface area contributed by atoms with Crippen LogP contribution in [0.1, 0.15) is 23.0 Å². The van der Waals surface area contributed by atoms with Gasteiger partial charge in [0, 0.05) is 13.2 Å². The van der Waals surface area contributed by atoms with E-state index in [2.05, 4.69) is 10.4 Å². The first-order chi connectivity index (χ1) is 10.5. The molecule has 0 aliphatic heterocycles. The van der Waals surface area contributed by atoms with Gasteiger partial charge in [-0.05, 0) is 6.92 Å². The van der Waals surface area contributed by atoms with E-state index in [1.54, 1.807) is 0 Å². The fourth-order valence-electron chi connectivity index (χ4n) is 2.37. The van der Waals surface area contributed by atoms with Crippen molar-refractivity contribution in [3.63, 3.8) is 0 Å². The molecule has 23 heavy (non-hydrogen) atoms. The van der Waals surface area contributed by atoms with Gasteiger partial charge in [0.05, 0.1) is 11.1 Å². The Morgan fingerprint density at radius 3 is 2.61 bits per heavy atom. The minimum Gasteiger partial charge on any atom is -0.481 e. The lowest BCUT2D eigenvalue weighted by atomic mass is 9.82. The molecule has 1 aromatic heterocycles. The van der Waals surface area contributed by atoms with Crippen LogP contribution in [0.4, 0.5) is 13.2 Å². The number of halogens is 3. The maximum atomic E-state index is 12.9. The van der Waals surface area contributed by atoms with Crippen molar-refractivity contribution < 1.29 is 27.9 Å². The van der Waals surface area contributed by atoms with Crippen molar-refractivity contribution in [2.45, 2.75) is 18.6 Å². The number of hydrogen-bond acceptors (Lipinski definition) is 3. The minimum absolute atomic E-state index is 0.659. The third-order valence-electron chi connectivity index (χ3n) is 3.49. The van der Waals surface area contributed by atoms with Crippen molar-refractivity contribution in [1.29, 1.82) is 0 Å². The number of allylic oxidation sites excluding steroid dienone is 2. The highest BCUT2D eigenvalue weighted by Gasteiger charge is 2.42. The number of rotatable bonds is 3. The van der Waals surface area contributed by atoms with Crippen LogP contribution < -0.4 is 5.32 Å². The summed E-state index contributed by atoms with van der Waals surface area (Å²) in [4.78, 5) is 23.5. The molecule has 0 saturated heterocycles. The summed E-state index contributed by atoms with van der Waals surface area (Å²) in [5.41, 5.74) is -3.33. The van der Waals surface area contributed by atoms with Gasteiger partial charge in [-0.25, -0.2) is 0 Å². The lowest BCUT2D eigenvalue weighted by Crippen LogP contribution is -2.52. The molecule has 0 aromatic carbocycles. The molecule has 9 heteroatoms. The normalized spacial score (nSPS) is 23.8. The van der Waals surface area contributed by atoms with E-state index in [0.29, 0.717) is 0 Å². The minimum atomic E-state index is -4.79. The molecule has 2 rings (SSSR count). The van der Waals surface area contributed by atoms with Gasteiger partial charge in [0.1, 0.15) is 5.92 Å². The Morgan fingerprint density at radius 2 is 2.04 bits per heavy atom. The molecule has 0 bridgehead atoms. The molecular formula is C14H14F3N3O3. The predicted octanol–water partition coefficient (Wildman–Crippen LogP) is 1.75. The molecule has 1 heterocycles. The highest BCUT2D eigenvalue weighted by Crippen LogP contribution is 2.31. The molecule has 0 fully saturated rings. The van der Waals surface area contributed by atoms with Crippen molar-refractivity contribution in [1.82, 2.24) is 15.1 Å². The zero-order chi connectivity index (χ0) is 17.4. The van der Waals surface area contributed by atoms with E-state index in [4.69, 9.17) is 0 Å². The number of nitrogens with one attached hydrogen (secondary N) is 1. The van der Waals surface area contributed by atoms with Crippen molar-refractivity contribution in [2.24, 2.45) is 13.0 Å². The average molecular weight is 329 g/mol. The molecule has 1 aromatic rings. The summed E-state index contributed by atoms with van der Waals surface area (Å²) in [6.07, 6.45) is 1.96. The quantitative estimate of drug-likeness (QED) is 0.885. The van der Waals surface area contributed by atoms with Gasteiger partial charge >= 0.3 is 12.1 Å². The number of nitrogens with zero attached hydrogens (tertiary/aromatic N) is 2. The Bertz CT molecular complexity index is 706. The number of aromatic nitrogens is 2. The summed E-state index contributed by atoms with van der Waals surface area (Å²) >= 11 is 0. The molecule has 6 nitrogen and oxygen atoms in total. The van der Waals surface area contributed by atoms with Crippen molar-refractivity contribution in [3.8, 4) is 0 Å². The number of carbonyl (C=O) groups is 2. The first-order valence-electron chi connectivity index (χ1n) is 6.57. The molecule has 2 atom stereocenters. The van der Waals surface area contributed by atoms with Gasteiger partial charge in [-0.3, -0.25) is 14.3 Å². The standard InChI is InChI=1S/C14H14F3N3O3/c1-13(6-4-3-5-9(13)12(22)23)18-11(21)8-7-20(2)19-10(8)14(15,16)17/h3-7,9H,1-2H3,(H,18,21)(H,22,23)/t9-,13?/m1/s1. The second kappa shape index (κ2) is 5.56. The monoisotopic (exact) mass is 329 g/mol. The molecule has 1 aliphatic rings. The molecule has 124 valence electrons. The highest BCUT2D eigenvalue weighted by atomic mass is 19.4. The van der Waals surface area contributed by atoms with Crippen LogP contribution in [0.5, 0.6) is 0 Å². The molecule has 0 saturated carbocycles. The van der Waals surface area contributed by atoms with Crippen LogP contribution in [0.25, 0.3) is 0 Å². The number of alkyl halides is 3. The molecule has 1 amide bonds. The van der Waals surface area contributed by atoms with E-state index < -0.39 is 40.8 Å². The fourth-order valence-corrected chi connectivity index (χ4v) is 2.37. The van der Waals surface area contributed by atoms with Crippen LogP contribution >= 0.6 is 0 Å². The SMILES string of the molecule is Cn1cc(C(=O)NC2(C)C=CC=C[C@@H]2C(=O)O)c(C(F)(F)F)n1. The van der Waals surface area contributed by atoms with E-state index in [1.807, 2.05) is 0 Å². The van der Waals surface area contributed by atoms with E-state index in [-0.39, 0.29) is 0 Å². The van der Waals surface area contributed by atoms with Crippen molar-refractivity contribution in [3.05, 3.63) is 41.8 Å². The Kier molecular flexibility index (Phi) is 4.06. The van der Waals surface area contributed by atoms with Gasteiger partial charge in [-0.15, -0.1) is 0 Å². The van der Waals surface area contributed by atoms with E-state index in [0.717, 1.165) is 10.9 Å². The summed E-state index contributed by atoms with van der Waals surface area (Å²) in [6.45, 7) is 1.42. The zero-order valence-electron chi connectivity index (χ0n) is 12.3. The van der Waals surface area contributed by atoms with Crippen LogP contribution in [0.3, 0.4) is 0 Å². The van der Waals surface area contributed by atoms with Crippen molar-refractivity contribution in [2.75, 3.05) is 0 Å². The number of carboxylic acid groups (broad SMARTS) is 1. The molecule has 2 N–H and O–H groups in total. The molecule has 1 unspecified atom stereocenters. The lowest BCUT2D eigenvalue weighted by molar-refractivity contribution is -0.143. The number of amides is 1. The zero-order valence-corrected chi connectivity index (χ0v) is 12.3. The summed E-state index contributed by atoms with van der Waals surface area (Å²) in [6, 6.07) is 0. The third kappa shape index (κ3) is 3.27. The number of carbonyl (C=O) groups excluding carboxylic acids is 1. The van der Waals surface area contributed by atoms with Crippen LogP contribution in [-0.4, -0.2) is 32.3 Å².